The number of ether oxygens (including phenoxy) is 1. The minimum absolute atomic E-state index is 0.0100. The molecule has 0 bridgehead atoms. The Morgan fingerprint density at radius 2 is 1.92 bits per heavy atom. The van der Waals surface area contributed by atoms with Gasteiger partial charge in [0.1, 0.15) is 5.75 Å². The number of nitrogens with zero attached hydrogens (tertiary/aromatic N) is 1. The van der Waals surface area contributed by atoms with E-state index in [1.165, 1.54) is 0 Å². The monoisotopic (exact) mass is 344 g/mol. The lowest BCUT2D eigenvalue weighted by atomic mass is 9.98. The topological polar surface area (TPSA) is 58.6 Å². The molecule has 1 saturated heterocycles. The molecule has 1 saturated carbocycles. The fourth-order valence-electron chi connectivity index (χ4n) is 3.18. The van der Waals surface area contributed by atoms with Crippen LogP contribution in [0.15, 0.2) is 24.3 Å². The highest BCUT2D eigenvalue weighted by Crippen LogP contribution is 2.22. The minimum Gasteiger partial charge on any atom is -0.493 e. The van der Waals surface area contributed by atoms with Crippen molar-refractivity contribution in [3.8, 4) is 5.75 Å². The van der Waals surface area contributed by atoms with Crippen molar-refractivity contribution in [3.63, 3.8) is 0 Å². The summed E-state index contributed by atoms with van der Waals surface area (Å²) in [6.45, 7) is 6.14. The SMILES string of the molecule is CC(C)C(=O)N1CCCC(COc2ccc(C(=O)NC3CC3)cc2)C1. The molecule has 136 valence electrons. The van der Waals surface area contributed by atoms with Crippen LogP contribution in [0.2, 0.25) is 0 Å². The van der Waals surface area contributed by atoms with Crippen molar-refractivity contribution in [3.05, 3.63) is 29.8 Å². The van der Waals surface area contributed by atoms with E-state index in [1.807, 2.05) is 43.0 Å². The number of carbonyl (C=O) groups excluding carboxylic acids is 2. The first-order valence-electron chi connectivity index (χ1n) is 9.35. The fraction of sp³-hybridized carbons (Fsp3) is 0.600. The second-order valence-electron chi connectivity index (χ2n) is 7.53. The van der Waals surface area contributed by atoms with Gasteiger partial charge in [-0.3, -0.25) is 9.59 Å². The molecule has 5 heteroatoms. The third kappa shape index (κ3) is 4.97. The predicted molar refractivity (Wildman–Crippen MR) is 96.6 cm³/mol. The van der Waals surface area contributed by atoms with Crippen LogP contribution in [0.4, 0.5) is 0 Å². The van der Waals surface area contributed by atoms with Crippen molar-refractivity contribution in [2.24, 2.45) is 11.8 Å². The number of hydrogen-bond acceptors (Lipinski definition) is 3. The number of benzene rings is 1. The second-order valence-corrected chi connectivity index (χ2v) is 7.53. The Kier molecular flexibility index (Phi) is 5.61. The van der Waals surface area contributed by atoms with E-state index < -0.39 is 0 Å². The average Bonchev–Trinajstić information content (AvgIpc) is 3.44. The van der Waals surface area contributed by atoms with Crippen LogP contribution in [0.5, 0.6) is 5.75 Å². The van der Waals surface area contributed by atoms with E-state index in [1.54, 1.807) is 0 Å². The molecular weight excluding hydrogens is 316 g/mol. The van der Waals surface area contributed by atoms with Crippen LogP contribution < -0.4 is 10.1 Å². The molecule has 1 atom stereocenters. The summed E-state index contributed by atoms with van der Waals surface area (Å²) < 4.78 is 5.89. The highest BCUT2D eigenvalue weighted by molar-refractivity contribution is 5.94. The summed E-state index contributed by atoms with van der Waals surface area (Å²) in [6.07, 6.45) is 4.30. The fourth-order valence-corrected chi connectivity index (χ4v) is 3.18. The Morgan fingerprint density at radius 3 is 2.56 bits per heavy atom. The molecule has 5 nitrogen and oxygen atoms in total. The van der Waals surface area contributed by atoms with Gasteiger partial charge in [-0.2, -0.15) is 0 Å². The molecule has 1 aromatic carbocycles. The molecule has 3 rings (SSSR count). The third-order valence-corrected chi connectivity index (χ3v) is 4.84. The average molecular weight is 344 g/mol. The summed E-state index contributed by atoms with van der Waals surface area (Å²) >= 11 is 0. The molecule has 1 aliphatic heterocycles. The quantitative estimate of drug-likeness (QED) is 0.863. The first kappa shape index (κ1) is 17.8. The van der Waals surface area contributed by atoms with Gasteiger partial charge in [-0.1, -0.05) is 13.8 Å². The molecular formula is C20H28N2O3. The Balaban J connectivity index is 1.47. The Morgan fingerprint density at radius 1 is 1.20 bits per heavy atom. The van der Waals surface area contributed by atoms with Crippen molar-refractivity contribution in [1.82, 2.24) is 10.2 Å². The van der Waals surface area contributed by atoms with Crippen LogP contribution >= 0.6 is 0 Å². The first-order chi connectivity index (χ1) is 12.0. The van der Waals surface area contributed by atoms with Gasteiger partial charge < -0.3 is 15.0 Å². The Hall–Kier alpha value is -2.04. The highest BCUT2D eigenvalue weighted by atomic mass is 16.5. The first-order valence-corrected chi connectivity index (χ1v) is 9.35. The van der Waals surface area contributed by atoms with Gasteiger partial charge in [0.25, 0.3) is 5.91 Å². The van der Waals surface area contributed by atoms with E-state index in [4.69, 9.17) is 4.74 Å². The summed E-state index contributed by atoms with van der Waals surface area (Å²) in [5, 5.41) is 2.98. The van der Waals surface area contributed by atoms with Crippen LogP contribution in [0.25, 0.3) is 0 Å². The Labute approximate surface area is 149 Å². The number of hydrogen-bond donors (Lipinski definition) is 1. The van der Waals surface area contributed by atoms with Gasteiger partial charge in [-0.25, -0.2) is 0 Å². The summed E-state index contributed by atoms with van der Waals surface area (Å²) in [4.78, 5) is 26.1. The third-order valence-electron chi connectivity index (χ3n) is 4.84. The van der Waals surface area contributed by atoms with Gasteiger partial charge in [0, 0.05) is 36.5 Å². The molecule has 1 N–H and O–H groups in total. The minimum atomic E-state index is -0.0100. The summed E-state index contributed by atoms with van der Waals surface area (Å²) in [5.74, 6) is 1.42. The van der Waals surface area contributed by atoms with Crippen LogP contribution in [0.3, 0.4) is 0 Å². The summed E-state index contributed by atoms with van der Waals surface area (Å²) in [7, 11) is 0. The number of nitrogens with one attached hydrogen (secondary N) is 1. The zero-order valence-electron chi connectivity index (χ0n) is 15.2. The van der Waals surface area contributed by atoms with Crippen molar-refractivity contribution < 1.29 is 14.3 Å². The smallest absolute Gasteiger partial charge is 0.251 e. The van der Waals surface area contributed by atoms with Gasteiger partial charge in [0.2, 0.25) is 5.91 Å². The molecule has 25 heavy (non-hydrogen) atoms. The van der Waals surface area contributed by atoms with Crippen LogP contribution in [0.1, 0.15) is 49.9 Å². The predicted octanol–water partition coefficient (Wildman–Crippen LogP) is 2.85. The van der Waals surface area contributed by atoms with Crippen molar-refractivity contribution in [2.45, 2.75) is 45.6 Å². The van der Waals surface area contributed by atoms with E-state index in [9.17, 15) is 9.59 Å². The number of carbonyl (C=O) groups is 2. The summed E-state index contributed by atoms with van der Waals surface area (Å²) in [6, 6.07) is 7.68. The van der Waals surface area contributed by atoms with Gasteiger partial charge in [-0.05, 0) is 49.9 Å². The van der Waals surface area contributed by atoms with E-state index >= 15 is 0 Å². The molecule has 0 spiro atoms. The molecule has 2 aliphatic rings. The molecule has 1 unspecified atom stereocenters. The Bertz CT molecular complexity index is 608. The summed E-state index contributed by atoms with van der Waals surface area (Å²) in [5.41, 5.74) is 0.672. The van der Waals surface area contributed by atoms with Crippen molar-refractivity contribution in [2.75, 3.05) is 19.7 Å². The molecule has 1 heterocycles. The maximum Gasteiger partial charge on any atom is 0.251 e. The van der Waals surface area contributed by atoms with Gasteiger partial charge in [0.15, 0.2) is 0 Å². The lowest BCUT2D eigenvalue weighted by molar-refractivity contribution is -0.136. The highest BCUT2D eigenvalue weighted by Gasteiger charge is 2.26. The number of amides is 2. The maximum absolute atomic E-state index is 12.1. The maximum atomic E-state index is 12.1. The largest absolute Gasteiger partial charge is 0.493 e. The van der Waals surface area contributed by atoms with E-state index in [-0.39, 0.29) is 17.7 Å². The van der Waals surface area contributed by atoms with Gasteiger partial charge in [-0.15, -0.1) is 0 Å². The molecule has 1 aromatic rings. The molecule has 1 aliphatic carbocycles. The van der Waals surface area contributed by atoms with Gasteiger partial charge >= 0.3 is 0 Å². The molecule has 2 fully saturated rings. The number of rotatable bonds is 6. The second kappa shape index (κ2) is 7.89. The molecule has 2 amide bonds. The zero-order chi connectivity index (χ0) is 17.8. The van der Waals surface area contributed by atoms with E-state index in [0.717, 1.165) is 44.5 Å². The standard InChI is InChI=1S/C20H28N2O3/c1-14(2)20(24)22-11-3-4-15(12-22)13-25-18-9-5-16(6-10-18)19(23)21-17-7-8-17/h5-6,9-10,14-15,17H,3-4,7-8,11-13H2,1-2H3,(H,21,23). The van der Waals surface area contributed by atoms with E-state index in [2.05, 4.69) is 5.32 Å². The van der Waals surface area contributed by atoms with Crippen LogP contribution in [0, 0.1) is 11.8 Å². The van der Waals surface area contributed by atoms with Crippen molar-refractivity contribution >= 4 is 11.8 Å². The normalized spacial score (nSPS) is 20.4. The molecule has 0 aromatic heterocycles. The van der Waals surface area contributed by atoms with Gasteiger partial charge in [0.05, 0.1) is 6.61 Å². The number of piperidine rings is 1. The van der Waals surface area contributed by atoms with Crippen LogP contribution in [-0.4, -0.2) is 42.5 Å². The zero-order valence-corrected chi connectivity index (χ0v) is 15.2. The lowest BCUT2D eigenvalue weighted by Crippen LogP contribution is -2.43. The van der Waals surface area contributed by atoms with Crippen LogP contribution in [-0.2, 0) is 4.79 Å². The lowest BCUT2D eigenvalue weighted by Gasteiger charge is -2.33. The number of likely N-dealkylation sites (tertiary alicyclic amines) is 1. The molecule has 0 radical (unpaired) electrons. The van der Waals surface area contributed by atoms with Crippen molar-refractivity contribution in [1.29, 1.82) is 0 Å². The van der Waals surface area contributed by atoms with E-state index in [0.29, 0.717) is 24.1 Å².